The summed E-state index contributed by atoms with van der Waals surface area (Å²) < 4.78 is 0. The maximum Gasteiger partial charge on any atom is 0.146 e. The molecule has 0 atom stereocenters. The minimum Gasteiger partial charge on any atom is -0.298 e. The fourth-order valence-electron chi connectivity index (χ4n) is 1.51. The van der Waals surface area contributed by atoms with Crippen molar-refractivity contribution >= 4 is 6.29 Å². The quantitative estimate of drug-likeness (QED) is 0.492. The molecule has 0 aromatic rings. The van der Waals surface area contributed by atoms with Gasteiger partial charge in [0.1, 0.15) is 6.29 Å². The first-order valence-corrected chi connectivity index (χ1v) is 5.07. The molecule has 0 N–H and O–H groups in total. The molecule has 0 aromatic heterocycles. The second-order valence-electron chi connectivity index (χ2n) is 4.29. The van der Waals surface area contributed by atoms with Crippen molar-refractivity contribution in [1.29, 1.82) is 0 Å². The molecule has 0 unspecified atom stereocenters. The molecule has 0 radical (unpaired) electrons. The molecule has 1 heteroatoms. The van der Waals surface area contributed by atoms with Crippen molar-refractivity contribution in [3.8, 4) is 0 Å². The first kappa shape index (κ1) is 11.0. The summed E-state index contributed by atoms with van der Waals surface area (Å²) in [6, 6.07) is 0. The van der Waals surface area contributed by atoms with Crippen LogP contribution in [0, 0.1) is 5.41 Å². The third-order valence-corrected chi connectivity index (χ3v) is 3.12. The van der Waals surface area contributed by atoms with Crippen LogP contribution in [0.1, 0.15) is 34.1 Å². The normalized spacial score (nSPS) is 20.4. The maximum absolute atomic E-state index is 10.7. The molecule has 0 amide bonds. The van der Waals surface area contributed by atoms with Gasteiger partial charge in [-0.25, -0.2) is 0 Å². The highest BCUT2D eigenvalue weighted by Gasteiger charge is 2.26. The van der Waals surface area contributed by atoms with Gasteiger partial charge in [0.05, 0.1) is 0 Å². The molecule has 0 heterocycles. The maximum atomic E-state index is 10.7. The van der Waals surface area contributed by atoms with Crippen LogP contribution >= 0.6 is 0 Å². The highest BCUT2D eigenvalue weighted by Crippen LogP contribution is 2.40. The predicted octanol–water partition coefficient (Wildman–Crippen LogP) is 3.43. The smallest absolute Gasteiger partial charge is 0.146 e. The van der Waals surface area contributed by atoms with Crippen LogP contribution in [-0.4, -0.2) is 6.29 Å². The van der Waals surface area contributed by atoms with Gasteiger partial charge >= 0.3 is 0 Å². The largest absolute Gasteiger partial charge is 0.298 e. The van der Waals surface area contributed by atoms with Gasteiger partial charge in [-0.15, -0.1) is 0 Å². The average Bonchev–Trinajstić information content (AvgIpc) is 2.40. The second kappa shape index (κ2) is 3.95. The lowest BCUT2D eigenvalue weighted by Crippen LogP contribution is -2.12. The third-order valence-electron chi connectivity index (χ3n) is 3.12. The Kier molecular flexibility index (Phi) is 3.10. The first-order valence-electron chi connectivity index (χ1n) is 5.07. The molecule has 0 fully saturated rings. The van der Waals surface area contributed by atoms with Crippen LogP contribution in [0.4, 0.5) is 0 Å². The summed E-state index contributed by atoms with van der Waals surface area (Å²) in [5, 5.41) is 0. The van der Waals surface area contributed by atoms with Gasteiger partial charge in [0, 0.05) is 5.41 Å². The minimum atomic E-state index is 0.0867. The number of carbonyl (C=O) groups is 1. The molecule has 1 nitrogen and oxygen atoms in total. The highest BCUT2D eigenvalue weighted by molar-refractivity contribution is 5.74. The van der Waals surface area contributed by atoms with E-state index in [0.29, 0.717) is 0 Å². The molecule has 0 bridgehead atoms. The molecular formula is C13H18O. The van der Waals surface area contributed by atoms with Crippen molar-refractivity contribution < 1.29 is 4.79 Å². The molecule has 1 aliphatic carbocycles. The van der Waals surface area contributed by atoms with E-state index in [1.54, 1.807) is 0 Å². The lowest BCUT2D eigenvalue weighted by atomic mass is 9.81. The molecule has 76 valence electrons. The van der Waals surface area contributed by atoms with E-state index in [-0.39, 0.29) is 5.41 Å². The Labute approximate surface area is 86.2 Å². The number of hydrogen-bond acceptors (Lipinski definition) is 1. The molecule has 1 rings (SSSR count). The Hall–Kier alpha value is -1.11. The molecule has 0 saturated carbocycles. The zero-order valence-electron chi connectivity index (χ0n) is 9.42. The molecule has 14 heavy (non-hydrogen) atoms. The van der Waals surface area contributed by atoms with Crippen LogP contribution in [0.15, 0.2) is 34.9 Å². The number of aldehydes is 1. The topological polar surface area (TPSA) is 17.1 Å². The summed E-state index contributed by atoms with van der Waals surface area (Å²) in [6.45, 7) is 8.51. The Morgan fingerprint density at radius 2 is 2.07 bits per heavy atom. The highest BCUT2D eigenvalue weighted by atomic mass is 16.1. The van der Waals surface area contributed by atoms with Gasteiger partial charge in [-0.1, -0.05) is 44.6 Å². The lowest BCUT2D eigenvalue weighted by molar-refractivity contribution is -0.105. The van der Waals surface area contributed by atoms with E-state index in [9.17, 15) is 4.79 Å². The van der Waals surface area contributed by atoms with E-state index in [4.69, 9.17) is 0 Å². The zero-order chi connectivity index (χ0) is 10.8. The van der Waals surface area contributed by atoms with Gasteiger partial charge in [0.15, 0.2) is 0 Å². The van der Waals surface area contributed by atoms with Crippen LogP contribution in [0.25, 0.3) is 0 Å². The Bertz CT molecular complexity index is 327. The SMILES string of the molecule is CC/C(C=O)=C\C1=CC=C(C)C1(C)C. The molecule has 0 spiro atoms. The van der Waals surface area contributed by atoms with Crippen LogP contribution in [0.2, 0.25) is 0 Å². The summed E-state index contributed by atoms with van der Waals surface area (Å²) in [6.07, 6.45) is 8.00. The molecular weight excluding hydrogens is 172 g/mol. The van der Waals surface area contributed by atoms with Crippen LogP contribution in [-0.2, 0) is 4.79 Å². The molecule has 0 saturated heterocycles. The second-order valence-corrected chi connectivity index (χ2v) is 4.29. The van der Waals surface area contributed by atoms with Crippen molar-refractivity contribution in [2.75, 3.05) is 0 Å². The number of allylic oxidation sites excluding steroid dienone is 6. The summed E-state index contributed by atoms with van der Waals surface area (Å²) in [5.41, 5.74) is 3.54. The van der Waals surface area contributed by atoms with Crippen LogP contribution in [0.5, 0.6) is 0 Å². The van der Waals surface area contributed by atoms with Crippen molar-refractivity contribution in [3.63, 3.8) is 0 Å². The van der Waals surface area contributed by atoms with Gasteiger partial charge in [0.2, 0.25) is 0 Å². The van der Waals surface area contributed by atoms with E-state index in [1.165, 1.54) is 11.1 Å². The van der Waals surface area contributed by atoms with Crippen molar-refractivity contribution in [2.24, 2.45) is 5.41 Å². The van der Waals surface area contributed by atoms with Gasteiger partial charge in [-0.05, 0) is 24.5 Å². The summed E-state index contributed by atoms with van der Waals surface area (Å²) in [4.78, 5) is 10.7. The first-order chi connectivity index (χ1) is 6.52. The van der Waals surface area contributed by atoms with E-state index in [0.717, 1.165) is 18.3 Å². The average molecular weight is 190 g/mol. The van der Waals surface area contributed by atoms with Gasteiger partial charge in [-0.2, -0.15) is 0 Å². The van der Waals surface area contributed by atoms with Crippen molar-refractivity contribution in [1.82, 2.24) is 0 Å². The van der Waals surface area contributed by atoms with Gasteiger partial charge < -0.3 is 0 Å². The molecule has 0 aliphatic heterocycles. The summed E-state index contributed by atoms with van der Waals surface area (Å²) in [5.74, 6) is 0. The zero-order valence-corrected chi connectivity index (χ0v) is 9.42. The molecule has 0 aromatic carbocycles. The van der Waals surface area contributed by atoms with Crippen molar-refractivity contribution in [2.45, 2.75) is 34.1 Å². The van der Waals surface area contributed by atoms with Crippen LogP contribution in [0.3, 0.4) is 0 Å². The van der Waals surface area contributed by atoms with Gasteiger partial charge in [-0.3, -0.25) is 4.79 Å². The number of rotatable bonds is 3. The Morgan fingerprint density at radius 1 is 1.43 bits per heavy atom. The predicted molar refractivity (Wildman–Crippen MR) is 60.1 cm³/mol. The van der Waals surface area contributed by atoms with Crippen molar-refractivity contribution in [3.05, 3.63) is 34.9 Å². The summed E-state index contributed by atoms with van der Waals surface area (Å²) in [7, 11) is 0. The Balaban J connectivity index is 2.95. The van der Waals surface area contributed by atoms with E-state index >= 15 is 0 Å². The lowest BCUT2D eigenvalue weighted by Gasteiger charge is -2.23. The van der Waals surface area contributed by atoms with Crippen LogP contribution < -0.4 is 0 Å². The fourth-order valence-corrected chi connectivity index (χ4v) is 1.51. The van der Waals surface area contributed by atoms with E-state index in [1.807, 2.05) is 13.0 Å². The Morgan fingerprint density at radius 3 is 2.43 bits per heavy atom. The standard InChI is InChI=1S/C13H18O/c1-5-11(9-14)8-12-7-6-10(2)13(12,3)4/h6-9H,5H2,1-4H3/b11-8+. The number of carbonyl (C=O) groups excluding carboxylic acids is 1. The van der Waals surface area contributed by atoms with Gasteiger partial charge in [0.25, 0.3) is 0 Å². The molecule has 1 aliphatic rings. The minimum absolute atomic E-state index is 0.0867. The third kappa shape index (κ3) is 1.87. The number of hydrogen-bond donors (Lipinski definition) is 0. The van der Waals surface area contributed by atoms with E-state index < -0.39 is 0 Å². The summed E-state index contributed by atoms with van der Waals surface area (Å²) >= 11 is 0. The van der Waals surface area contributed by atoms with E-state index in [2.05, 4.69) is 32.9 Å². The monoisotopic (exact) mass is 190 g/mol. The fraction of sp³-hybridized carbons (Fsp3) is 0.462.